The maximum absolute atomic E-state index is 11.0. The van der Waals surface area contributed by atoms with Gasteiger partial charge in [0.05, 0.1) is 16.6 Å². The van der Waals surface area contributed by atoms with E-state index in [1.54, 1.807) is 0 Å². The lowest BCUT2D eigenvalue weighted by Gasteiger charge is -2.13. The molecule has 0 aliphatic rings. The van der Waals surface area contributed by atoms with Crippen LogP contribution in [0.5, 0.6) is 0 Å². The molecule has 19 heavy (non-hydrogen) atoms. The highest BCUT2D eigenvalue weighted by Crippen LogP contribution is 2.28. The first kappa shape index (κ1) is 14.9. The van der Waals surface area contributed by atoms with Crippen molar-refractivity contribution < 1.29 is 19.9 Å². The van der Waals surface area contributed by atoms with Gasteiger partial charge in [-0.25, -0.2) is 4.79 Å². The van der Waals surface area contributed by atoms with Gasteiger partial charge in [0.2, 0.25) is 0 Å². The minimum absolute atomic E-state index is 0.0684. The van der Waals surface area contributed by atoms with Crippen molar-refractivity contribution in [2.24, 2.45) is 0 Å². The van der Waals surface area contributed by atoms with E-state index in [9.17, 15) is 20.0 Å². The molecular weight excluding hydrogens is 252 g/mol. The van der Waals surface area contributed by atoms with Crippen molar-refractivity contribution >= 4 is 17.3 Å². The number of anilines is 1. The lowest BCUT2D eigenvalue weighted by Crippen LogP contribution is -2.21. The second-order valence-electron chi connectivity index (χ2n) is 4.09. The van der Waals surface area contributed by atoms with Crippen LogP contribution in [0.15, 0.2) is 18.2 Å². The summed E-state index contributed by atoms with van der Waals surface area (Å²) in [6.45, 7) is 1.97. The number of hydrogen-bond acceptors (Lipinski definition) is 5. The largest absolute Gasteiger partial charge is 0.478 e. The highest BCUT2D eigenvalue weighted by molar-refractivity contribution is 5.96. The summed E-state index contributed by atoms with van der Waals surface area (Å²) in [5.74, 6) is -1.25. The summed E-state index contributed by atoms with van der Waals surface area (Å²) in [4.78, 5) is 21.3. The first-order valence-corrected chi connectivity index (χ1v) is 5.90. The van der Waals surface area contributed by atoms with Gasteiger partial charge in [0.1, 0.15) is 5.69 Å². The Hall–Kier alpha value is -2.15. The van der Waals surface area contributed by atoms with Crippen LogP contribution in [0.4, 0.5) is 11.4 Å². The number of carboxylic acids is 1. The summed E-state index contributed by atoms with van der Waals surface area (Å²) in [5, 5.41) is 32.1. The van der Waals surface area contributed by atoms with E-state index < -0.39 is 17.0 Å². The Bertz CT molecular complexity index is 443. The van der Waals surface area contributed by atoms with Gasteiger partial charge in [0, 0.05) is 12.6 Å². The van der Waals surface area contributed by atoms with Crippen LogP contribution < -0.4 is 5.32 Å². The predicted octanol–water partition coefficient (Wildman–Crippen LogP) is 1.87. The molecule has 1 unspecified atom stereocenters. The molecule has 0 spiro atoms. The summed E-state index contributed by atoms with van der Waals surface area (Å²) >= 11 is 0. The zero-order chi connectivity index (χ0) is 14.4. The average Bonchev–Trinajstić information content (AvgIpc) is 2.35. The van der Waals surface area contributed by atoms with Crippen LogP contribution in [0.2, 0.25) is 0 Å². The first-order chi connectivity index (χ1) is 8.97. The molecule has 1 atom stereocenters. The maximum atomic E-state index is 11.0. The highest BCUT2D eigenvalue weighted by atomic mass is 16.6. The van der Waals surface area contributed by atoms with Crippen LogP contribution in [-0.2, 0) is 0 Å². The van der Waals surface area contributed by atoms with Crippen molar-refractivity contribution in [2.75, 3.05) is 11.9 Å². The third-order valence-electron chi connectivity index (χ3n) is 2.61. The SMILES string of the molecule is CCCC(O)CNc1c(C(=O)O)cccc1[N+](=O)[O-]. The Balaban J connectivity index is 3.01. The van der Waals surface area contributed by atoms with E-state index in [1.807, 2.05) is 6.92 Å². The van der Waals surface area contributed by atoms with E-state index in [-0.39, 0.29) is 23.5 Å². The third-order valence-corrected chi connectivity index (χ3v) is 2.61. The van der Waals surface area contributed by atoms with Crippen molar-refractivity contribution in [2.45, 2.75) is 25.9 Å². The van der Waals surface area contributed by atoms with Crippen LogP contribution in [-0.4, -0.2) is 33.8 Å². The lowest BCUT2D eigenvalue weighted by molar-refractivity contribution is -0.384. The molecule has 7 heteroatoms. The quantitative estimate of drug-likeness (QED) is 0.514. The van der Waals surface area contributed by atoms with E-state index in [0.717, 1.165) is 6.42 Å². The second-order valence-corrected chi connectivity index (χ2v) is 4.09. The van der Waals surface area contributed by atoms with Crippen molar-refractivity contribution in [3.05, 3.63) is 33.9 Å². The monoisotopic (exact) mass is 268 g/mol. The minimum atomic E-state index is -1.25. The number of carboxylic acid groups (broad SMARTS) is 1. The van der Waals surface area contributed by atoms with Gasteiger partial charge in [-0.15, -0.1) is 0 Å². The third kappa shape index (κ3) is 3.92. The number of nitrogens with zero attached hydrogens (tertiary/aromatic N) is 1. The van der Waals surface area contributed by atoms with Gasteiger partial charge in [-0.05, 0) is 12.5 Å². The van der Waals surface area contributed by atoms with Gasteiger partial charge in [0.15, 0.2) is 0 Å². The fraction of sp³-hybridized carbons (Fsp3) is 0.417. The van der Waals surface area contributed by atoms with Gasteiger partial charge in [0.25, 0.3) is 5.69 Å². The Morgan fingerprint density at radius 2 is 2.21 bits per heavy atom. The normalized spacial score (nSPS) is 11.9. The standard InChI is InChI=1S/C12H16N2O5/c1-2-4-8(15)7-13-11-9(12(16)17)5-3-6-10(11)14(18)19/h3,5-6,8,13,15H,2,4,7H2,1H3,(H,16,17). The van der Waals surface area contributed by atoms with Crippen LogP contribution in [0, 0.1) is 10.1 Å². The van der Waals surface area contributed by atoms with Crippen LogP contribution in [0.25, 0.3) is 0 Å². The molecule has 1 aromatic carbocycles. The first-order valence-electron chi connectivity index (χ1n) is 5.90. The number of nitrogens with one attached hydrogen (secondary N) is 1. The van der Waals surface area contributed by atoms with Gasteiger partial charge in [-0.1, -0.05) is 19.4 Å². The Kier molecular flexibility index (Phi) is 5.25. The minimum Gasteiger partial charge on any atom is -0.478 e. The number of carbonyl (C=O) groups is 1. The van der Waals surface area contributed by atoms with Crippen molar-refractivity contribution in [1.82, 2.24) is 0 Å². The summed E-state index contributed by atoms with van der Waals surface area (Å²) in [6, 6.07) is 3.82. The Morgan fingerprint density at radius 1 is 1.53 bits per heavy atom. The molecule has 1 aromatic rings. The fourth-order valence-electron chi connectivity index (χ4n) is 1.71. The predicted molar refractivity (Wildman–Crippen MR) is 69.5 cm³/mol. The van der Waals surface area contributed by atoms with Gasteiger partial charge in [-0.3, -0.25) is 10.1 Å². The zero-order valence-corrected chi connectivity index (χ0v) is 10.5. The van der Waals surface area contributed by atoms with Crippen molar-refractivity contribution in [3.8, 4) is 0 Å². The molecule has 0 radical (unpaired) electrons. The molecule has 0 saturated heterocycles. The van der Waals surface area contributed by atoms with Crippen LogP contribution in [0.3, 0.4) is 0 Å². The molecule has 0 aromatic heterocycles. The fourth-order valence-corrected chi connectivity index (χ4v) is 1.71. The number of para-hydroxylation sites is 1. The van der Waals surface area contributed by atoms with Gasteiger partial charge in [-0.2, -0.15) is 0 Å². The number of aliphatic hydroxyl groups is 1. The summed E-state index contributed by atoms with van der Waals surface area (Å²) in [5.41, 5.74) is -0.573. The number of rotatable bonds is 7. The van der Waals surface area contributed by atoms with Crippen LogP contribution >= 0.6 is 0 Å². The molecule has 104 valence electrons. The topological polar surface area (TPSA) is 113 Å². The van der Waals surface area contributed by atoms with E-state index in [0.29, 0.717) is 6.42 Å². The summed E-state index contributed by atoms with van der Waals surface area (Å²) in [6.07, 6.45) is 0.633. The van der Waals surface area contributed by atoms with E-state index in [2.05, 4.69) is 5.32 Å². The molecule has 0 bridgehead atoms. The van der Waals surface area contributed by atoms with Gasteiger partial charge >= 0.3 is 5.97 Å². The van der Waals surface area contributed by atoms with E-state index >= 15 is 0 Å². The number of benzene rings is 1. The molecule has 0 saturated carbocycles. The Morgan fingerprint density at radius 3 is 2.74 bits per heavy atom. The van der Waals surface area contributed by atoms with E-state index in [4.69, 9.17) is 5.11 Å². The zero-order valence-electron chi connectivity index (χ0n) is 10.5. The number of aromatic carboxylic acids is 1. The van der Waals surface area contributed by atoms with Gasteiger partial charge < -0.3 is 15.5 Å². The summed E-state index contributed by atoms with van der Waals surface area (Å²) in [7, 11) is 0. The number of hydrogen-bond donors (Lipinski definition) is 3. The van der Waals surface area contributed by atoms with E-state index in [1.165, 1.54) is 18.2 Å². The molecule has 1 rings (SSSR count). The Labute approximate surface area is 110 Å². The van der Waals surface area contributed by atoms with Crippen LogP contribution in [0.1, 0.15) is 30.1 Å². The molecule has 0 amide bonds. The molecular formula is C12H16N2O5. The van der Waals surface area contributed by atoms with Crippen molar-refractivity contribution in [1.29, 1.82) is 0 Å². The van der Waals surface area contributed by atoms with Crippen molar-refractivity contribution in [3.63, 3.8) is 0 Å². The molecule has 3 N–H and O–H groups in total. The molecule has 7 nitrogen and oxygen atoms in total. The number of nitro benzene ring substituents is 1. The smallest absolute Gasteiger partial charge is 0.338 e. The summed E-state index contributed by atoms with van der Waals surface area (Å²) < 4.78 is 0. The molecule has 0 heterocycles. The molecule has 0 aliphatic heterocycles. The lowest BCUT2D eigenvalue weighted by atomic mass is 10.1. The number of aliphatic hydroxyl groups excluding tert-OH is 1. The maximum Gasteiger partial charge on any atom is 0.338 e. The highest BCUT2D eigenvalue weighted by Gasteiger charge is 2.21. The average molecular weight is 268 g/mol. The second kappa shape index (κ2) is 6.69. The molecule has 0 aliphatic carbocycles. The molecule has 0 fully saturated rings. The number of nitro groups is 1.